The second-order valence-electron chi connectivity index (χ2n) is 7.95. The number of esters is 1. The first kappa shape index (κ1) is 22.0. The number of ether oxygens (including phenoxy) is 1. The highest BCUT2D eigenvalue weighted by atomic mass is 32.1. The third-order valence-electron chi connectivity index (χ3n) is 5.96. The Labute approximate surface area is 193 Å². The molecule has 0 aromatic carbocycles. The Morgan fingerprint density at radius 2 is 1.94 bits per heavy atom. The summed E-state index contributed by atoms with van der Waals surface area (Å²) in [6.07, 6.45) is 3.85. The number of methoxy groups -OCH3 is 1. The van der Waals surface area contributed by atoms with E-state index < -0.39 is 0 Å². The van der Waals surface area contributed by atoms with Gasteiger partial charge in [0.2, 0.25) is 0 Å². The number of aromatic nitrogens is 3. The van der Waals surface area contributed by atoms with E-state index in [2.05, 4.69) is 57.7 Å². The van der Waals surface area contributed by atoms with Crippen molar-refractivity contribution >= 4 is 23.3 Å². The van der Waals surface area contributed by atoms with E-state index in [1.807, 2.05) is 30.5 Å². The highest BCUT2D eigenvalue weighted by Crippen LogP contribution is 2.41. The molecule has 1 aliphatic heterocycles. The van der Waals surface area contributed by atoms with Gasteiger partial charge in [-0.1, -0.05) is 12.1 Å². The molecule has 1 aliphatic rings. The first-order valence-corrected chi connectivity index (χ1v) is 11.0. The van der Waals surface area contributed by atoms with Crippen LogP contribution in [0.2, 0.25) is 0 Å². The molecule has 0 spiro atoms. The molecule has 2 atom stereocenters. The summed E-state index contributed by atoms with van der Waals surface area (Å²) in [5, 5.41) is 4.04. The Kier molecular flexibility index (Phi) is 6.23. The lowest BCUT2D eigenvalue weighted by atomic mass is 9.96. The summed E-state index contributed by atoms with van der Waals surface area (Å²) in [6, 6.07) is 11.8. The van der Waals surface area contributed by atoms with E-state index >= 15 is 0 Å². The van der Waals surface area contributed by atoms with Crippen LogP contribution in [-0.4, -0.2) is 44.2 Å². The predicted octanol–water partition coefficient (Wildman–Crippen LogP) is 3.73. The molecule has 8 heteroatoms. The number of pyridine rings is 2. The van der Waals surface area contributed by atoms with Gasteiger partial charge >= 0.3 is 5.97 Å². The topological polar surface area (TPSA) is 72.3 Å². The molecular formula is C24H27N5O2S. The number of carbonyl (C=O) groups excluding carboxylic acids is 1. The van der Waals surface area contributed by atoms with Crippen LogP contribution in [0.3, 0.4) is 0 Å². The molecule has 3 aromatic rings. The van der Waals surface area contributed by atoms with Crippen LogP contribution in [0.4, 0.5) is 0 Å². The summed E-state index contributed by atoms with van der Waals surface area (Å²) in [4.78, 5) is 23.2. The molecule has 0 radical (unpaired) electrons. The standard InChI is InChI=1S/C24H27N5O2S/c1-15-8-7-12-26-23(15)29-16(2)14-18(17(29)3)22-21(19-9-5-6-11-25-19)27-24(32)28(22)13-10-20(30)31-4/h5-9,11-12,14,21-22H,10,13H2,1-4H3,(H,27,32). The molecule has 1 saturated heterocycles. The van der Waals surface area contributed by atoms with Crippen LogP contribution >= 0.6 is 12.2 Å². The van der Waals surface area contributed by atoms with E-state index in [0.717, 1.165) is 34.0 Å². The summed E-state index contributed by atoms with van der Waals surface area (Å²) in [6.45, 7) is 6.71. The fourth-order valence-electron chi connectivity index (χ4n) is 4.42. The maximum absolute atomic E-state index is 11.9. The van der Waals surface area contributed by atoms with Gasteiger partial charge in [0.05, 0.1) is 31.3 Å². The van der Waals surface area contributed by atoms with Crippen molar-refractivity contribution in [2.75, 3.05) is 13.7 Å². The van der Waals surface area contributed by atoms with Gasteiger partial charge in [-0.05, 0) is 68.4 Å². The van der Waals surface area contributed by atoms with Crippen LogP contribution in [0.1, 0.15) is 46.7 Å². The molecular weight excluding hydrogens is 422 g/mol. The Bertz CT molecular complexity index is 1140. The number of nitrogens with zero attached hydrogens (tertiary/aromatic N) is 4. The molecule has 166 valence electrons. The minimum atomic E-state index is -0.262. The van der Waals surface area contributed by atoms with Crippen LogP contribution in [-0.2, 0) is 9.53 Å². The van der Waals surface area contributed by atoms with Gasteiger partial charge in [-0.25, -0.2) is 4.98 Å². The number of hydrogen-bond donors (Lipinski definition) is 1. The van der Waals surface area contributed by atoms with Crippen LogP contribution in [0.5, 0.6) is 0 Å². The van der Waals surface area contributed by atoms with Gasteiger partial charge in [-0.3, -0.25) is 9.78 Å². The molecule has 1 fully saturated rings. The van der Waals surface area contributed by atoms with Crippen molar-refractivity contribution in [2.24, 2.45) is 0 Å². The number of aryl methyl sites for hydroxylation is 2. The minimum Gasteiger partial charge on any atom is -0.469 e. The summed E-state index contributed by atoms with van der Waals surface area (Å²) < 4.78 is 7.04. The molecule has 2 unspecified atom stereocenters. The summed E-state index contributed by atoms with van der Waals surface area (Å²) >= 11 is 5.70. The van der Waals surface area contributed by atoms with Crippen molar-refractivity contribution in [2.45, 2.75) is 39.3 Å². The van der Waals surface area contributed by atoms with Gasteiger partial charge in [0.15, 0.2) is 5.11 Å². The number of rotatable bonds is 6. The van der Waals surface area contributed by atoms with Crippen LogP contribution in [0.25, 0.3) is 5.82 Å². The Morgan fingerprint density at radius 3 is 2.62 bits per heavy atom. The molecule has 32 heavy (non-hydrogen) atoms. The highest BCUT2D eigenvalue weighted by molar-refractivity contribution is 7.80. The second-order valence-corrected chi connectivity index (χ2v) is 8.34. The third-order valence-corrected chi connectivity index (χ3v) is 6.32. The zero-order valence-corrected chi connectivity index (χ0v) is 19.5. The van der Waals surface area contributed by atoms with Gasteiger partial charge < -0.3 is 19.5 Å². The molecule has 0 amide bonds. The third kappa shape index (κ3) is 3.98. The minimum absolute atomic E-state index is 0.119. The van der Waals surface area contributed by atoms with Gasteiger partial charge in [-0.15, -0.1) is 0 Å². The highest BCUT2D eigenvalue weighted by Gasteiger charge is 2.41. The van der Waals surface area contributed by atoms with Crippen molar-refractivity contribution in [1.82, 2.24) is 24.8 Å². The van der Waals surface area contributed by atoms with Crippen LogP contribution < -0.4 is 5.32 Å². The average molecular weight is 450 g/mol. The maximum Gasteiger partial charge on any atom is 0.307 e. The van der Waals surface area contributed by atoms with E-state index in [4.69, 9.17) is 17.0 Å². The fourth-order valence-corrected chi connectivity index (χ4v) is 4.75. The van der Waals surface area contributed by atoms with Crippen LogP contribution in [0, 0.1) is 20.8 Å². The summed E-state index contributed by atoms with van der Waals surface area (Å²) in [5.41, 5.74) is 5.30. The zero-order chi connectivity index (χ0) is 22.8. The van der Waals surface area contributed by atoms with Gasteiger partial charge in [0.1, 0.15) is 5.82 Å². The summed E-state index contributed by atoms with van der Waals surface area (Å²) in [5.74, 6) is 0.653. The van der Waals surface area contributed by atoms with E-state index in [0.29, 0.717) is 11.7 Å². The predicted molar refractivity (Wildman–Crippen MR) is 127 cm³/mol. The monoisotopic (exact) mass is 449 g/mol. The number of nitrogens with one attached hydrogen (secondary N) is 1. The first-order chi connectivity index (χ1) is 15.4. The fraction of sp³-hybridized carbons (Fsp3) is 0.333. The van der Waals surface area contributed by atoms with Crippen molar-refractivity contribution in [3.63, 3.8) is 0 Å². The molecule has 4 heterocycles. The van der Waals surface area contributed by atoms with Crippen LogP contribution in [0.15, 0.2) is 48.8 Å². The largest absolute Gasteiger partial charge is 0.469 e. The molecule has 4 rings (SSSR count). The number of carbonyl (C=O) groups is 1. The van der Waals surface area contributed by atoms with E-state index in [9.17, 15) is 4.79 Å². The Morgan fingerprint density at radius 1 is 1.16 bits per heavy atom. The number of thiocarbonyl (C=S) groups is 1. The van der Waals surface area contributed by atoms with Gasteiger partial charge in [-0.2, -0.15) is 0 Å². The molecule has 0 aliphatic carbocycles. The molecule has 0 saturated carbocycles. The lowest BCUT2D eigenvalue weighted by Gasteiger charge is -2.28. The molecule has 1 N–H and O–H groups in total. The second kappa shape index (κ2) is 9.08. The van der Waals surface area contributed by atoms with Crippen molar-refractivity contribution < 1.29 is 9.53 Å². The molecule has 3 aromatic heterocycles. The zero-order valence-electron chi connectivity index (χ0n) is 18.7. The van der Waals surface area contributed by atoms with E-state index in [1.165, 1.54) is 7.11 Å². The van der Waals surface area contributed by atoms with E-state index in [1.54, 1.807) is 6.20 Å². The normalized spacial score (nSPS) is 18.0. The van der Waals surface area contributed by atoms with Gasteiger partial charge in [0.25, 0.3) is 0 Å². The van der Waals surface area contributed by atoms with Crippen molar-refractivity contribution in [1.29, 1.82) is 0 Å². The maximum atomic E-state index is 11.9. The Balaban J connectivity index is 1.81. The summed E-state index contributed by atoms with van der Waals surface area (Å²) in [7, 11) is 1.40. The smallest absolute Gasteiger partial charge is 0.307 e. The molecule has 0 bridgehead atoms. The lowest BCUT2D eigenvalue weighted by molar-refractivity contribution is -0.140. The van der Waals surface area contributed by atoms with Gasteiger partial charge in [0, 0.05) is 30.3 Å². The Hall–Kier alpha value is -3.26. The van der Waals surface area contributed by atoms with E-state index in [-0.39, 0.29) is 24.5 Å². The average Bonchev–Trinajstić information content (AvgIpc) is 3.28. The number of hydrogen-bond acceptors (Lipinski definition) is 5. The lowest BCUT2D eigenvalue weighted by Crippen LogP contribution is -2.32. The quantitative estimate of drug-likeness (QED) is 0.454. The first-order valence-electron chi connectivity index (χ1n) is 10.6. The SMILES string of the molecule is COC(=O)CCN1C(=S)NC(c2ccccn2)C1c1cc(C)n(-c2ncccc2C)c1C. The molecule has 7 nitrogen and oxygen atoms in total. The van der Waals surface area contributed by atoms with Crippen molar-refractivity contribution in [3.8, 4) is 5.82 Å². The van der Waals surface area contributed by atoms with Crippen molar-refractivity contribution in [3.05, 3.63) is 77.0 Å².